The fourth-order valence-electron chi connectivity index (χ4n) is 7.54. The van der Waals surface area contributed by atoms with Gasteiger partial charge in [-0.15, -0.1) is 0 Å². The molecule has 2 aromatic heterocycles. The second kappa shape index (κ2) is 9.14. The molecule has 1 spiro atoms. The number of carbonyl (C=O) groups excluding carboxylic acids is 3. The monoisotopic (exact) mass is 505 g/mol. The van der Waals surface area contributed by atoms with Gasteiger partial charge in [-0.3, -0.25) is 18.8 Å². The van der Waals surface area contributed by atoms with Gasteiger partial charge in [-0.2, -0.15) is 0 Å². The van der Waals surface area contributed by atoms with Crippen LogP contribution in [0.5, 0.6) is 0 Å². The van der Waals surface area contributed by atoms with E-state index in [4.69, 9.17) is 0 Å². The first-order valence-electron chi connectivity index (χ1n) is 14.2. The largest absolute Gasteiger partial charge is 0.356 e. The first-order chi connectivity index (χ1) is 17.8. The number of nitrogens with one attached hydrogen (secondary N) is 2. The fourth-order valence-corrected chi connectivity index (χ4v) is 7.54. The van der Waals surface area contributed by atoms with Gasteiger partial charge >= 0.3 is 0 Å². The molecule has 0 aromatic carbocycles. The molecule has 198 valence electrons. The van der Waals surface area contributed by atoms with E-state index in [0.29, 0.717) is 49.6 Å². The van der Waals surface area contributed by atoms with E-state index in [-0.39, 0.29) is 28.6 Å². The molecule has 6 rings (SSSR count). The van der Waals surface area contributed by atoms with Gasteiger partial charge in [0.05, 0.1) is 0 Å². The highest BCUT2D eigenvalue weighted by Crippen LogP contribution is 2.60. The Morgan fingerprint density at radius 1 is 1.19 bits per heavy atom. The van der Waals surface area contributed by atoms with Crippen LogP contribution in [-0.4, -0.2) is 58.2 Å². The molecule has 2 aromatic rings. The molecule has 2 aliphatic heterocycles. The summed E-state index contributed by atoms with van der Waals surface area (Å²) in [4.78, 5) is 44.8. The van der Waals surface area contributed by atoms with Crippen molar-refractivity contribution in [2.45, 2.75) is 65.2 Å². The number of hydrogen-bond donors (Lipinski definition) is 2. The number of carbonyl (C=O) groups is 3. The lowest BCUT2D eigenvalue weighted by molar-refractivity contribution is -0.119. The lowest BCUT2D eigenvalue weighted by Gasteiger charge is -2.40. The number of rotatable bonds is 6. The number of imidazole rings is 1. The van der Waals surface area contributed by atoms with Crippen molar-refractivity contribution in [1.82, 2.24) is 24.9 Å². The molecule has 37 heavy (non-hydrogen) atoms. The topological polar surface area (TPSA) is 95.8 Å². The molecular weight excluding hydrogens is 466 g/mol. The number of likely N-dealkylation sites (tertiary alicyclic amines) is 1. The molecule has 0 bridgehead atoms. The molecule has 2 saturated heterocycles. The van der Waals surface area contributed by atoms with Crippen LogP contribution in [0, 0.1) is 28.6 Å². The standard InChI is InChI=1S/C29H39N5O3/c1-3-19-13-28(4-2,14-20-12-21(19)20)17-31-26(36)23-6-5-7-24-32-22(16-34(23)24)27(37)33-10-8-29(9-11-33)15-25(35)30-18-29/h5-7,16,19-21H,3-4,8-15,17-18H2,1-2H3,(H,30,35)(H,31,36). The molecule has 2 saturated carbocycles. The summed E-state index contributed by atoms with van der Waals surface area (Å²) in [5.41, 5.74) is 1.65. The van der Waals surface area contributed by atoms with Gasteiger partial charge in [-0.25, -0.2) is 4.98 Å². The minimum Gasteiger partial charge on any atom is -0.356 e. The predicted octanol–water partition coefficient (Wildman–Crippen LogP) is 3.66. The van der Waals surface area contributed by atoms with E-state index < -0.39 is 0 Å². The normalized spacial score (nSPS) is 30.3. The summed E-state index contributed by atoms with van der Waals surface area (Å²) >= 11 is 0. The van der Waals surface area contributed by atoms with Crippen molar-refractivity contribution in [3.05, 3.63) is 35.8 Å². The number of fused-ring (bicyclic) bond motifs is 2. The van der Waals surface area contributed by atoms with Crippen molar-refractivity contribution in [2.24, 2.45) is 28.6 Å². The Bertz CT molecular complexity index is 1230. The Morgan fingerprint density at radius 2 is 2.00 bits per heavy atom. The van der Waals surface area contributed by atoms with Crippen LogP contribution in [0.3, 0.4) is 0 Å². The van der Waals surface area contributed by atoms with E-state index in [2.05, 4.69) is 29.5 Å². The summed E-state index contributed by atoms with van der Waals surface area (Å²) in [6.07, 6.45) is 10.0. The third-order valence-electron chi connectivity index (χ3n) is 10.1. The van der Waals surface area contributed by atoms with Crippen molar-refractivity contribution < 1.29 is 14.4 Å². The minimum atomic E-state index is -0.112. The Balaban J connectivity index is 1.14. The summed E-state index contributed by atoms with van der Waals surface area (Å²) in [5, 5.41) is 6.19. The van der Waals surface area contributed by atoms with Crippen LogP contribution in [-0.2, 0) is 4.79 Å². The van der Waals surface area contributed by atoms with Crippen molar-refractivity contribution in [2.75, 3.05) is 26.2 Å². The van der Waals surface area contributed by atoms with Gasteiger partial charge in [0.1, 0.15) is 17.0 Å². The average Bonchev–Trinajstić information content (AvgIpc) is 3.41. The Labute approximate surface area is 218 Å². The number of aromatic nitrogens is 2. The predicted molar refractivity (Wildman–Crippen MR) is 140 cm³/mol. The van der Waals surface area contributed by atoms with E-state index in [9.17, 15) is 14.4 Å². The van der Waals surface area contributed by atoms with Crippen LogP contribution in [0.2, 0.25) is 0 Å². The van der Waals surface area contributed by atoms with Gasteiger partial charge in [0.25, 0.3) is 11.8 Å². The van der Waals surface area contributed by atoms with E-state index in [1.807, 2.05) is 17.0 Å². The molecule has 0 radical (unpaired) electrons. The van der Waals surface area contributed by atoms with Gasteiger partial charge < -0.3 is 15.5 Å². The van der Waals surface area contributed by atoms with Crippen molar-refractivity contribution >= 4 is 23.4 Å². The summed E-state index contributed by atoms with van der Waals surface area (Å²) in [6, 6.07) is 5.47. The van der Waals surface area contributed by atoms with E-state index in [1.54, 1.807) is 16.7 Å². The van der Waals surface area contributed by atoms with Gasteiger partial charge in [0, 0.05) is 38.8 Å². The molecule has 4 unspecified atom stereocenters. The van der Waals surface area contributed by atoms with Gasteiger partial charge in [-0.1, -0.05) is 26.3 Å². The Hall–Kier alpha value is -2.90. The van der Waals surface area contributed by atoms with Crippen LogP contribution in [0.4, 0.5) is 0 Å². The SMILES string of the molecule is CCC1CC(CC)(CNC(=O)c2cccc3nc(C(=O)N4CCC5(CC4)CNC(=O)C5)cn23)CC2CC12. The van der Waals surface area contributed by atoms with E-state index in [0.717, 1.165) is 37.0 Å². The second-order valence-corrected chi connectivity index (χ2v) is 12.3. The molecule has 2 N–H and O–H groups in total. The number of amides is 3. The minimum absolute atomic E-state index is 0.0101. The zero-order valence-corrected chi connectivity index (χ0v) is 22.1. The van der Waals surface area contributed by atoms with Crippen LogP contribution >= 0.6 is 0 Å². The molecule has 4 atom stereocenters. The zero-order valence-electron chi connectivity index (χ0n) is 22.1. The zero-order chi connectivity index (χ0) is 25.8. The number of piperidine rings is 1. The van der Waals surface area contributed by atoms with Gasteiger partial charge in [0.15, 0.2) is 0 Å². The van der Waals surface area contributed by atoms with Crippen LogP contribution in [0.25, 0.3) is 5.65 Å². The molecule has 4 aliphatic rings. The first-order valence-corrected chi connectivity index (χ1v) is 14.2. The molecule has 8 nitrogen and oxygen atoms in total. The lowest BCUT2D eigenvalue weighted by atomic mass is 9.67. The van der Waals surface area contributed by atoms with Crippen LogP contribution < -0.4 is 10.6 Å². The summed E-state index contributed by atoms with van der Waals surface area (Å²) in [6.45, 7) is 7.22. The van der Waals surface area contributed by atoms with E-state index >= 15 is 0 Å². The summed E-state index contributed by atoms with van der Waals surface area (Å²) in [7, 11) is 0. The van der Waals surface area contributed by atoms with Crippen molar-refractivity contribution in [3.8, 4) is 0 Å². The maximum Gasteiger partial charge on any atom is 0.274 e. The third-order valence-corrected chi connectivity index (χ3v) is 10.1. The highest BCUT2D eigenvalue weighted by molar-refractivity contribution is 5.95. The molecule has 3 amide bonds. The summed E-state index contributed by atoms with van der Waals surface area (Å²) < 4.78 is 1.75. The number of nitrogens with zero attached hydrogens (tertiary/aromatic N) is 3. The fraction of sp³-hybridized carbons (Fsp3) is 0.655. The molecule has 4 heterocycles. The average molecular weight is 506 g/mol. The first kappa shape index (κ1) is 24.4. The second-order valence-electron chi connectivity index (χ2n) is 12.3. The third kappa shape index (κ3) is 4.42. The van der Waals surface area contributed by atoms with Gasteiger partial charge in [-0.05, 0) is 79.2 Å². The number of hydrogen-bond acceptors (Lipinski definition) is 4. The van der Waals surface area contributed by atoms with Crippen molar-refractivity contribution in [3.63, 3.8) is 0 Å². The lowest BCUT2D eigenvalue weighted by Crippen LogP contribution is -2.44. The maximum atomic E-state index is 13.4. The van der Waals surface area contributed by atoms with Crippen molar-refractivity contribution in [1.29, 1.82) is 0 Å². The smallest absolute Gasteiger partial charge is 0.274 e. The Kier molecular flexibility index (Phi) is 6.03. The molecular formula is C29H39N5O3. The molecule has 8 heteroatoms. The maximum absolute atomic E-state index is 13.4. The quantitative estimate of drug-likeness (QED) is 0.626. The van der Waals surface area contributed by atoms with Gasteiger partial charge in [0.2, 0.25) is 5.91 Å². The highest BCUT2D eigenvalue weighted by atomic mass is 16.2. The molecule has 2 aliphatic carbocycles. The Morgan fingerprint density at radius 3 is 2.70 bits per heavy atom. The van der Waals surface area contributed by atoms with E-state index in [1.165, 1.54) is 25.7 Å². The number of pyridine rings is 1. The highest BCUT2D eigenvalue weighted by Gasteiger charge is 2.52. The summed E-state index contributed by atoms with van der Waals surface area (Å²) in [5.74, 6) is 2.44. The van der Waals surface area contributed by atoms with Crippen LogP contribution in [0.1, 0.15) is 86.2 Å². The van der Waals surface area contributed by atoms with Crippen LogP contribution in [0.15, 0.2) is 24.4 Å². The molecule has 4 fully saturated rings.